The zero-order chi connectivity index (χ0) is 17.5. The number of unbranched alkanes of at least 4 members (excludes halogenated alkanes) is 6. The second-order valence-electron chi connectivity index (χ2n) is 6.26. The van der Waals surface area contributed by atoms with Crippen LogP contribution in [0.5, 0.6) is 0 Å². The van der Waals surface area contributed by atoms with E-state index in [0.29, 0.717) is 6.42 Å². The Kier molecular flexibility index (Phi) is 8.60. The summed E-state index contributed by atoms with van der Waals surface area (Å²) >= 11 is 0. The lowest BCUT2D eigenvalue weighted by molar-refractivity contribution is -0.331. The summed E-state index contributed by atoms with van der Waals surface area (Å²) in [7, 11) is 0. The molecule has 5 N–H and O–H groups in total. The van der Waals surface area contributed by atoms with Crippen LogP contribution >= 0.6 is 0 Å². The summed E-state index contributed by atoms with van der Waals surface area (Å²) in [4.78, 5) is 12.2. The number of hydrogen-bond donors (Lipinski definition) is 5. The molecule has 1 rings (SSSR count). The van der Waals surface area contributed by atoms with E-state index in [9.17, 15) is 25.2 Å². The molecule has 1 fully saturated rings. The van der Waals surface area contributed by atoms with Crippen LogP contribution in [0.2, 0.25) is 0 Å². The minimum Gasteiger partial charge on any atom is -0.394 e. The Morgan fingerprint density at radius 1 is 1.00 bits per heavy atom. The first kappa shape index (κ1) is 20.5. The summed E-state index contributed by atoms with van der Waals surface area (Å²) in [6, 6.07) is 0. The Labute approximate surface area is 136 Å². The summed E-state index contributed by atoms with van der Waals surface area (Å²) in [5, 5.41) is 48.6. The van der Waals surface area contributed by atoms with Gasteiger partial charge in [-0.05, 0) is 6.42 Å². The Bertz CT molecular complexity index is 360. The van der Waals surface area contributed by atoms with E-state index in [-0.39, 0.29) is 6.42 Å². The lowest BCUT2D eigenvalue weighted by Crippen LogP contribution is -2.68. The van der Waals surface area contributed by atoms with Gasteiger partial charge in [-0.3, -0.25) is 4.79 Å². The molecule has 7 nitrogen and oxygen atoms in total. The summed E-state index contributed by atoms with van der Waals surface area (Å²) in [5.74, 6) is -3.34. The highest BCUT2D eigenvalue weighted by Crippen LogP contribution is 2.30. The minimum absolute atomic E-state index is 0.00228. The molecule has 1 unspecified atom stereocenters. The molecule has 1 heterocycles. The lowest BCUT2D eigenvalue weighted by Gasteiger charge is -2.44. The molecule has 1 aliphatic heterocycles. The molecule has 0 aromatic heterocycles. The van der Waals surface area contributed by atoms with Gasteiger partial charge in [0.05, 0.1) is 6.61 Å². The van der Waals surface area contributed by atoms with Crippen LogP contribution in [-0.4, -0.2) is 68.1 Å². The Morgan fingerprint density at radius 3 is 2.13 bits per heavy atom. The number of carbonyl (C=O) groups is 1. The van der Waals surface area contributed by atoms with E-state index in [4.69, 9.17) is 9.84 Å². The number of carbonyl (C=O) groups excluding carboxylic acids is 1. The van der Waals surface area contributed by atoms with Crippen molar-refractivity contribution in [1.29, 1.82) is 0 Å². The molecule has 0 spiro atoms. The van der Waals surface area contributed by atoms with Gasteiger partial charge in [-0.25, -0.2) is 0 Å². The summed E-state index contributed by atoms with van der Waals surface area (Å²) in [5.41, 5.74) is 0. The van der Waals surface area contributed by atoms with Gasteiger partial charge in [0.2, 0.25) is 0 Å². The molecule has 136 valence electrons. The monoisotopic (exact) mass is 334 g/mol. The predicted octanol–water partition coefficient (Wildman–Crippen LogP) is -0.141. The molecular weight excluding hydrogens is 304 g/mol. The fourth-order valence-corrected chi connectivity index (χ4v) is 2.81. The maximum Gasteiger partial charge on any atom is 0.256 e. The normalized spacial score (nSPS) is 34.5. The van der Waals surface area contributed by atoms with E-state index in [1.165, 1.54) is 19.3 Å². The first-order valence-corrected chi connectivity index (χ1v) is 8.47. The van der Waals surface area contributed by atoms with Gasteiger partial charge >= 0.3 is 0 Å². The van der Waals surface area contributed by atoms with Gasteiger partial charge in [-0.15, -0.1) is 0 Å². The molecule has 0 aliphatic carbocycles. The van der Waals surface area contributed by atoms with Crippen LogP contribution in [0.25, 0.3) is 0 Å². The van der Waals surface area contributed by atoms with Crippen molar-refractivity contribution >= 4 is 5.78 Å². The number of aliphatic hydroxyl groups is 5. The molecule has 0 aromatic rings. The van der Waals surface area contributed by atoms with Crippen molar-refractivity contribution in [2.45, 2.75) is 88.5 Å². The van der Waals surface area contributed by atoms with Crippen LogP contribution in [-0.2, 0) is 9.53 Å². The average Bonchev–Trinajstić information content (AvgIpc) is 2.55. The summed E-state index contributed by atoms with van der Waals surface area (Å²) in [6.07, 6.45) is 0.406. The van der Waals surface area contributed by atoms with Crippen molar-refractivity contribution < 1.29 is 35.1 Å². The third-order valence-electron chi connectivity index (χ3n) is 4.37. The first-order valence-electron chi connectivity index (χ1n) is 8.47. The lowest BCUT2D eigenvalue weighted by atomic mass is 9.88. The van der Waals surface area contributed by atoms with E-state index in [0.717, 1.165) is 19.3 Å². The topological polar surface area (TPSA) is 127 Å². The van der Waals surface area contributed by atoms with Crippen LogP contribution in [0.15, 0.2) is 0 Å². The quantitative estimate of drug-likeness (QED) is 0.352. The highest BCUT2D eigenvalue weighted by atomic mass is 16.7. The molecule has 7 heteroatoms. The van der Waals surface area contributed by atoms with Gasteiger partial charge in [-0.2, -0.15) is 0 Å². The molecular formula is C16H30O7. The van der Waals surface area contributed by atoms with Gasteiger partial charge in [0.25, 0.3) is 5.79 Å². The average molecular weight is 334 g/mol. The highest BCUT2D eigenvalue weighted by molar-refractivity contribution is 5.86. The van der Waals surface area contributed by atoms with Gasteiger partial charge in [0.1, 0.15) is 24.4 Å². The van der Waals surface area contributed by atoms with E-state index in [1.54, 1.807) is 0 Å². The second kappa shape index (κ2) is 9.66. The van der Waals surface area contributed by atoms with Crippen LogP contribution in [0.4, 0.5) is 0 Å². The number of rotatable bonds is 10. The molecule has 0 bridgehead atoms. The van der Waals surface area contributed by atoms with Crippen molar-refractivity contribution in [3.05, 3.63) is 0 Å². The Balaban J connectivity index is 2.46. The SMILES string of the molecule is CCCCCCCCCC(=O)C1(O)O[C@H](CO)[C@@H](O)[C@H](O)[C@H]1O. The molecule has 0 aromatic carbocycles. The van der Waals surface area contributed by atoms with Crippen molar-refractivity contribution in [3.8, 4) is 0 Å². The van der Waals surface area contributed by atoms with E-state index in [2.05, 4.69) is 6.92 Å². The largest absolute Gasteiger partial charge is 0.394 e. The number of hydrogen-bond acceptors (Lipinski definition) is 7. The molecule has 1 saturated heterocycles. The van der Waals surface area contributed by atoms with Gasteiger partial charge in [0.15, 0.2) is 5.78 Å². The summed E-state index contributed by atoms with van der Waals surface area (Å²) in [6.45, 7) is 1.46. The number of Topliss-reactive ketones (excluding diaryl/α,β-unsaturated/α-hetero) is 1. The fraction of sp³-hybridized carbons (Fsp3) is 0.938. The van der Waals surface area contributed by atoms with Crippen LogP contribution in [0, 0.1) is 0 Å². The second-order valence-corrected chi connectivity index (χ2v) is 6.26. The third-order valence-corrected chi connectivity index (χ3v) is 4.37. The van der Waals surface area contributed by atoms with Crippen LogP contribution in [0.1, 0.15) is 58.3 Å². The first-order chi connectivity index (χ1) is 10.9. The fourth-order valence-electron chi connectivity index (χ4n) is 2.81. The molecule has 1 aliphatic rings. The van der Waals surface area contributed by atoms with Crippen molar-refractivity contribution in [2.24, 2.45) is 0 Å². The van der Waals surface area contributed by atoms with E-state index < -0.39 is 42.6 Å². The standard InChI is InChI=1S/C16H30O7/c1-2-3-4-5-6-7-8-9-12(18)16(22)15(21)14(20)13(19)11(10-17)23-16/h11,13-15,17,19-22H,2-10H2,1H3/t11-,13-,14+,15-,16?/m1/s1. The molecule has 0 radical (unpaired) electrons. The molecule has 0 amide bonds. The highest BCUT2D eigenvalue weighted by Gasteiger charge is 2.56. The Hall–Kier alpha value is -0.570. The zero-order valence-electron chi connectivity index (χ0n) is 13.7. The van der Waals surface area contributed by atoms with E-state index in [1.807, 2.05) is 0 Å². The third kappa shape index (κ3) is 5.20. The summed E-state index contributed by atoms with van der Waals surface area (Å²) < 4.78 is 4.99. The predicted molar refractivity (Wildman–Crippen MR) is 82.5 cm³/mol. The number of ketones is 1. The number of ether oxygens (including phenoxy) is 1. The van der Waals surface area contributed by atoms with Crippen LogP contribution < -0.4 is 0 Å². The Morgan fingerprint density at radius 2 is 1.57 bits per heavy atom. The molecule has 0 saturated carbocycles. The van der Waals surface area contributed by atoms with Crippen molar-refractivity contribution in [3.63, 3.8) is 0 Å². The zero-order valence-corrected chi connectivity index (χ0v) is 13.7. The van der Waals surface area contributed by atoms with Gasteiger partial charge in [-0.1, -0.05) is 45.4 Å². The smallest absolute Gasteiger partial charge is 0.256 e. The number of aliphatic hydroxyl groups excluding tert-OH is 4. The van der Waals surface area contributed by atoms with Gasteiger partial charge < -0.3 is 30.3 Å². The maximum absolute atomic E-state index is 12.2. The van der Waals surface area contributed by atoms with Crippen LogP contribution in [0.3, 0.4) is 0 Å². The molecule has 5 atom stereocenters. The van der Waals surface area contributed by atoms with Gasteiger partial charge in [0, 0.05) is 6.42 Å². The maximum atomic E-state index is 12.2. The van der Waals surface area contributed by atoms with Crippen molar-refractivity contribution in [1.82, 2.24) is 0 Å². The van der Waals surface area contributed by atoms with Crippen molar-refractivity contribution in [2.75, 3.05) is 6.61 Å². The minimum atomic E-state index is -2.59. The molecule has 23 heavy (non-hydrogen) atoms. The van der Waals surface area contributed by atoms with E-state index >= 15 is 0 Å².